The number of rotatable bonds is 10. The second kappa shape index (κ2) is 11.8. The van der Waals surface area contributed by atoms with Crippen LogP contribution in [0.5, 0.6) is 0 Å². The lowest BCUT2D eigenvalue weighted by Gasteiger charge is -2.31. The van der Waals surface area contributed by atoms with Gasteiger partial charge in [0.2, 0.25) is 0 Å². The molecule has 4 rings (SSSR count). The van der Waals surface area contributed by atoms with E-state index in [0.717, 1.165) is 42.7 Å². The Bertz CT molecular complexity index is 1350. The number of benzene rings is 2. The lowest BCUT2D eigenvalue weighted by molar-refractivity contribution is -0.384. The number of nitrogens with zero attached hydrogens (tertiary/aromatic N) is 2. The van der Waals surface area contributed by atoms with Gasteiger partial charge in [0.05, 0.1) is 11.5 Å². The molecule has 1 saturated heterocycles. The third-order valence-electron chi connectivity index (χ3n) is 6.29. The van der Waals surface area contributed by atoms with Gasteiger partial charge in [0.25, 0.3) is 21.6 Å². The van der Waals surface area contributed by atoms with Crippen LogP contribution in [-0.2, 0) is 23.0 Å². The van der Waals surface area contributed by atoms with Crippen LogP contribution in [0.2, 0.25) is 0 Å². The molecule has 3 aromatic rings. The maximum absolute atomic E-state index is 13.2. The van der Waals surface area contributed by atoms with Gasteiger partial charge < -0.3 is 10.6 Å². The smallest absolute Gasteiger partial charge is 0.269 e. The highest BCUT2D eigenvalue weighted by atomic mass is 32.2. The number of anilines is 1. The van der Waals surface area contributed by atoms with Crippen LogP contribution in [-0.4, -0.2) is 42.7 Å². The van der Waals surface area contributed by atoms with E-state index < -0.39 is 14.9 Å². The Labute approximate surface area is 220 Å². The molecule has 0 radical (unpaired) electrons. The molecule has 0 spiro atoms. The van der Waals surface area contributed by atoms with Gasteiger partial charge in [-0.15, -0.1) is 11.3 Å². The van der Waals surface area contributed by atoms with E-state index in [-0.39, 0.29) is 28.4 Å². The molecule has 0 unspecified atom stereocenters. The average Bonchev–Trinajstić information content (AvgIpc) is 3.38. The summed E-state index contributed by atoms with van der Waals surface area (Å²) in [5.41, 5.74) is 2.57. The van der Waals surface area contributed by atoms with E-state index in [1.54, 1.807) is 12.1 Å². The van der Waals surface area contributed by atoms with Crippen molar-refractivity contribution in [3.63, 3.8) is 0 Å². The number of thiophene rings is 1. The van der Waals surface area contributed by atoms with Crippen LogP contribution in [0.1, 0.15) is 47.0 Å². The van der Waals surface area contributed by atoms with E-state index in [4.69, 9.17) is 0 Å². The standard InChI is InChI=1S/C26H30N4O5S2/c1-2-4-19-5-3-6-22(17-19)28-21-13-15-29(16-14-21)37(34,35)25-12-11-24(36-25)18-27-26(31)20-7-9-23(10-8-20)30(32)33/h3,5-12,17,21,28H,2,4,13-16,18H2,1H3,(H,27,31). The molecule has 196 valence electrons. The molecular formula is C26H30N4O5S2. The second-order valence-corrected chi connectivity index (χ2v) is 12.3. The quantitative estimate of drug-likeness (QED) is 0.280. The van der Waals surface area contributed by atoms with Gasteiger partial charge in [-0.1, -0.05) is 25.5 Å². The fourth-order valence-corrected chi connectivity index (χ4v) is 7.22. The molecule has 37 heavy (non-hydrogen) atoms. The first-order valence-corrected chi connectivity index (χ1v) is 14.5. The number of piperidine rings is 1. The van der Waals surface area contributed by atoms with Crippen molar-refractivity contribution in [2.75, 3.05) is 18.4 Å². The first-order chi connectivity index (χ1) is 17.8. The van der Waals surface area contributed by atoms with Crippen molar-refractivity contribution in [1.29, 1.82) is 0 Å². The topological polar surface area (TPSA) is 122 Å². The summed E-state index contributed by atoms with van der Waals surface area (Å²) in [7, 11) is -3.61. The zero-order chi connectivity index (χ0) is 26.4. The average molecular weight is 543 g/mol. The van der Waals surface area contributed by atoms with E-state index in [0.29, 0.717) is 23.5 Å². The fraction of sp³-hybridized carbons (Fsp3) is 0.346. The number of non-ortho nitro benzene ring substituents is 1. The Morgan fingerprint density at radius 3 is 2.51 bits per heavy atom. The molecular weight excluding hydrogens is 512 g/mol. The van der Waals surface area contributed by atoms with Gasteiger partial charge in [0.15, 0.2) is 0 Å². The maximum atomic E-state index is 13.2. The Kier molecular flexibility index (Phi) is 8.57. The third kappa shape index (κ3) is 6.73. The number of nitro groups is 1. The van der Waals surface area contributed by atoms with Crippen molar-refractivity contribution >= 4 is 38.6 Å². The maximum Gasteiger partial charge on any atom is 0.269 e. The second-order valence-electron chi connectivity index (χ2n) is 8.98. The van der Waals surface area contributed by atoms with Gasteiger partial charge in [-0.3, -0.25) is 14.9 Å². The van der Waals surface area contributed by atoms with Crippen molar-refractivity contribution in [1.82, 2.24) is 9.62 Å². The summed E-state index contributed by atoms with van der Waals surface area (Å²) < 4.78 is 28.2. The number of amides is 1. The largest absolute Gasteiger partial charge is 0.382 e. The van der Waals surface area contributed by atoms with Gasteiger partial charge in [0.1, 0.15) is 4.21 Å². The normalized spacial score (nSPS) is 14.8. The van der Waals surface area contributed by atoms with Crippen molar-refractivity contribution < 1.29 is 18.1 Å². The number of hydrogen-bond donors (Lipinski definition) is 2. The van der Waals surface area contributed by atoms with Crippen LogP contribution >= 0.6 is 11.3 Å². The van der Waals surface area contributed by atoms with Gasteiger partial charge >= 0.3 is 0 Å². The molecule has 2 heterocycles. The molecule has 2 N–H and O–H groups in total. The molecule has 11 heteroatoms. The predicted molar refractivity (Wildman–Crippen MR) is 144 cm³/mol. The summed E-state index contributed by atoms with van der Waals surface area (Å²) in [6.07, 6.45) is 3.58. The number of sulfonamides is 1. The Balaban J connectivity index is 1.30. The van der Waals surface area contributed by atoms with E-state index in [1.807, 2.05) is 0 Å². The number of aryl methyl sites for hydroxylation is 1. The highest BCUT2D eigenvalue weighted by Crippen LogP contribution is 2.28. The monoisotopic (exact) mass is 542 g/mol. The zero-order valence-corrected chi connectivity index (χ0v) is 22.2. The molecule has 1 fully saturated rings. The molecule has 1 aromatic heterocycles. The highest BCUT2D eigenvalue weighted by molar-refractivity contribution is 7.91. The summed E-state index contributed by atoms with van der Waals surface area (Å²) in [5.74, 6) is -0.387. The van der Waals surface area contributed by atoms with Crippen molar-refractivity contribution in [3.8, 4) is 0 Å². The summed E-state index contributed by atoms with van der Waals surface area (Å²) in [6, 6.07) is 17.2. The molecule has 9 nitrogen and oxygen atoms in total. The van der Waals surface area contributed by atoms with Crippen molar-refractivity contribution in [2.24, 2.45) is 0 Å². The molecule has 1 aliphatic rings. The number of hydrogen-bond acceptors (Lipinski definition) is 7. The SMILES string of the molecule is CCCc1cccc(NC2CCN(S(=O)(=O)c3ccc(CNC(=O)c4ccc([N+](=O)[O-])cc4)s3)CC2)c1. The summed E-state index contributed by atoms with van der Waals surface area (Å²) >= 11 is 1.14. The predicted octanol–water partition coefficient (Wildman–Crippen LogP) is 4.80. The molecule has 0 aliphatic carbocycles. The molecule has 0 atom stereocenters. The van der Waals surface area contributed by atoms with Gasteiger partial charge in [-0.05, 0) is 61.2 Å². The van der Waals surface area contributed by atoms with Crippen LogP contribution < -0.4 is 10.6 Å². The molecule has 0 bridgehead atoms. The van der Waals surface area contributed by atoms with Crippen LogP contribution in [0.15, 0.2) is 64.9 Å². The van der Waals surface area contributed by atoms with Gasteiger partial charge in [-0.2, -0.15) is 4.31 Å². The van der Waals surface area contributed by atoms with Crippen LogP contribution in [0, 0.1) is 10.1 Å². The number of carbonyl (C=O) groups is 1. The lowest BCUT2D eigenvalue weighted by Crippen LogP contribution is -2.42. The first kappa shape index (κ1) is 26.8. The Hall–Kier alpha value is -3.28. The minimum absolute atomic E-state index is 0.0920. The number of carbonyl (C=O) groups excluding carboxylic acids is 1. The van der Waals surface area contributed by atoms with Crippen LogP contribution in [0.25, 0.3) is 0 Å². The van der Waals surface area contributed by atoms with Crippen LogP contribution in [0.4, 0.5) is 11.4 Å². The number of nitro benzene ring substituents is 1. The summed E-state index contributed by atoms with van der Waals surface area (Å²) in [5, 5.41) is 17.0. The Morgan fingerprint density at radius 1 is 1.11 bits per heavy atom. The fourth-order valence-electron chi connectivity index (χ4n) is 4.30. The molecule has 0 saturated carbocycles. The lowest BCUT2D eigenvalue weighted by atomic mass is 10.1. The molecule has 2 aromatic carbocycles. The van der Waals surface area contributed by atoms with E-state index >= 15 is 0 Å². The summed E-state index contributed by atoms with van der Waals surface area (Å²) in [4.78, 5) is 23.3. The summed E-state index contributed by atoms with van der Waals surface area (Å²) in [6.45, 7) is 3.21. The van der Waals surface area contributed by atoms with Crippen molar-refractivity contribution in [3.05, 3.63) is 86.8 Å². The molecule has 1 aliphatic heterocycles. The third-order valence-corrected chi connectivity index (χ3v) is 9.74. The van der Waals surface area contributed by atoms with Gasteiger partial charge in [0, 0.05) is 47.4 Å². The molecule has 1 amide bonds. The van der Waals surface area contributed by atoms with Crippen molar-refractivity contribution in [2.45, 2.75) is 49.4 Å². The first-order valence-electron chi connectivity index (χ1n) is 12.2. The Morgan fingerprint density at radius 2 is 1.84 bits per heavy atom. The minimum atomic E-state index is -3.61. The van der Waals surface area contributed by atoms with Crippen LogP contribution in [0.3, 0.4) is 0 Å². The minimum Gasteiger partial charge on any atom is -0.382 e. The van der Waals surface area contributed by atoms with E-state index in [1.165, 1.54) is 34.1 Å². The number of nitrogens with one attached hydrogen (secondary N) is 2. The van der Waals surface area contributed by atoms with E-state index in [2.05, 4.69) is 41.8 Å². The highest BCUT2D eigenvalue weighted by Gasteiger charge is 2.30. The zero-order valence-electron chi connectivity index (χ0n) is 20.6. The van der Waals surface area contributed by atoms with Gasteiger partial charge in [-0.25, -0.2) is 8.42 Å². The van der Waals surface area contributed by atoms with E-state index in [9.17, 15) is 23.3 Å².